The molecule has 1 heterocycles. The topological polar surface area (TPSA) is 95.6 Å². The Morgan fingerprint density at radius 2 is 1.70 bits per heavy atom. The van der Waals surface area contributed by atoms with Gasteiger partial charge >= 0.3 is 0 Å². The molecule has 2 amide bonds. The highest BCUT2D eigenvalue weighted by molar-refractivity contribution is 7.89. The van der Waals surface area contributed by atoms with Crippen molar-refractivity contribution in [2.45, 2.75) is 50.6 Å². The van der Waals surface area contributed by atoms with E-state index in [2.05, 4.69) is 10.0 Å². The first kappa shape index (κ1) is 21.7. The Bertz CT molecular complexity index is 772. The van der Waals surface area contributed by atoms with Crippen LogP contribution in [0.5, 0.6) is 0 Å². The van der Waals surface area contributed by atoms with Gasteiger partial charge in [-0.2, -0.15) is 4.72 Å². The van der Waals surface area contributed by atoms with Gasteiger partial charge in [-0.1, -0.05) is 25.4 Å². The quantitative estimate of drug-likeness (QED) is 0.740. The Labute approximate surface area is 165 Å². The van der Waals surface area contributed by atoms with E-state index in [4.69, 9.17) is 11.6 Å². The maximum Gasteiger partial charge on any atom is 0.241 e. The standard InChI is InChI=1S/C18H26ClN3O4S/c1-12(2)17(21-27(25,26)16-6-4-14(19)5-7-16)18(24)20-15-8-10-22(11-9-15)13(3)23/h4-7,12,15,17,21H,8-11H2,1-3H3,(H,20,24). The second kappa shape index (κ2) is 9.03. The van der Waals surface area contributed by atoms with E-state index in [0.717, 1.165) is 0 Å². The number of rotatable bonds is 6. The first-order valence-corrected chi connectivity index (χ1v) is 10.8. The minimum absolute atomic E-state index is 0.0237. The molecule has 0 bridgehead atoms. The number of likely N-dealkylation sites (tertiary alicyclic amines) is 1. The number of amides is 2. The molecule has 1 fully saturated rings. The van der Waals surface area contributed by atoms with Gasteiger partial charge in [0.2, 0.25) is 21.8 Å². The lowest BCUT2D eigenvalue weighted by Crippen LogP contribution is -2.54. The van der Waals surface area contributed by atoms with Crippen LogP contribution in [-0.2, 0) is 19.6 Å². The van der Waals surface area contributed by atoms with Crippen LogP contribution in [0.4, 0.5) is 0 Å². The fourth-order valence-corrected chi connectivity index (χ4v) is 4.44. The van der Waals surface area contributed by atoms with Crippen molar-refractivity contribution in [1.82, 2.24) is 14.9 Å². The smallest absolute Gasteiger partial charge is 0.241 e. The van der Waals surface area contributed by atoms with E-state index >= 15 is 0 Å². The number of carbonyl (C=O) groups excluding carboxylic acids is 2. The molecular weight excluding hydrogens is 390 g/mol. The zero-order valence-corrected chi connectivity index (χ0v) is 17.3. The van der Waals surface area contributed by atoms with Crippen molar-refractivity contribution >= 4 is 33.4 Å². The van der Waals surface area contributed by atoms with E-state index in [0.29, 0.717) is 31.0 Å². The summed E-state index contributed by atoms with van der Waals surface area (Å²) in [7, 11) is -3.85. The summed E-state index contributed by atoms with van der Waals surface area (Å²) in [6, 6.07) is 4.81. The molecule has 1 aliphatic rings. The van der Waals surface area contributed by atoms with Gasteiger partial charge in [-0.3, -0.25) is 9.59 Å². The lowest BCUT2D eigenvalue weighted by molar-refractivity contribution is -0.130. The molecule has 0 aromatic heterocycles. The van der Waals surface area contributed by atoms with Gasteiger partial charge < -0.3 is 10.2 Å². The number of piperidine rings is 1. The Hall–Kier alpha value is -1.64. The van der Waals surface area contributed by atoms with Crippen molar-refractivity contribution in [2.75, 3.05) is 13.1 Å². The third-order valence-corrected chi connectivity index (χ3v) is 6.35. The second-order valence-corrected chi connectivity index (χ2v) is 9.24. The van der Waals surface area contributed by atoms with Crippen LogP contribution in [0.15, 0.2) is 29.2 Å². The molecule has 0 saturated carbocycles. The molecule has 2 N–H and O–H groups in total. The highest BCUT2D eigenvalue weighted by Gasteiger charge is 2.30. The number of hydrogen-bond acceptors (Lipinski definition) is 4. The summed E-state index contributed by atoms with van der Waals surface area (Å²) in [6.07, 6.45) is 1.31. The normalized spacial score (nSPS) is 17.0. The van der Waals surface area contributed by atoms with Crippen LogP contribution in [0.3, 0.4) is 0 Å². The highest BCUT2D eigenvalue weighted by atomic mass is 35.5. The van der Waals surface area contributed by atoms with Crippen LogP contribution in [0, 0.1) is 5.92 Å². The average molecular weight is 416 g/mol. The molecule has 1 saturated heterocycles. The van der Waals surface area contributed by atoms with Crippen LogP contribution in [0.2, 0.25) is 5.02 Å². The van der Waals surface area contributed by atoms with E-state index in [1.54, 1.807) is 18.7 Å². The van der Waals surface area contributed by atoms with Gasteiger partial charge in [0.15, 0.2) is 0 Å². The molecule has 7 nitrogen and oxygen atoms in total. The second-order valence-electron chi connectivity index (χ2n) is 7.09. The van der Waals surface area contributed by atoms with E-state index in [1.807, 2.05) is 0 Å². The van der Waals surface area contributed by atoms with Gasteiger partial charge in [-0.05, 0) is 43.0 Å². The number of nitrogens with zero attached hydrogens (tertiary/aromatic N) is 1. The molecular formula is C18H26ClN3O4S. The lowest BCUT2D eigenvalue weighted by atomic mass is 10.0. The van der Waals surface area contributed by atoms with Crippen molar-refractivity contribution in [3.05, 3.63) is 29.3 Å². The zero-order chi connectivity index (χ0) is 20.2. The van der Waals surface area contributed by atoms with E-state index in [-0.39, 0.29) is 28.7 Å². The van der Waals surface area contributed by atoms with Crippen LogP contribution in [0.25, 0.3) is 0 Å². The van der Waals surface area contributed by atoms with Crippen molar-refractivity contribution < 1.29 is 18.0 Å². The van der Waals surface area contributed by atoms with Crippen LogP contribution >= 0.6 is 11.6 Å². The predicted molar refractivity (Wildman–Crippen MR) is 104 cm³/mol. The SMILES string of the molecule is CC(=O)N1CCC(NC(=O)C(NS(=O)(=O)c2ccc(Cl)cc2)C(C)C)CC1. The highest BCUT2D eigenvalue weighted by Crippen LogP contribution is 2.16. The van der Waals surface area contributed by atoms with Gasteiger partial charge in [-0.25, -0.2) is 8.42 Å². The van der Waals surface area contributed by atoms with E-state index < -0.39 is 16.1 Å². The average Bonchev–Trinajstić information content (AvgIpc) is 2.60. The minimum atomic E-state index is -3.85. The Morgan fingerprint density at radius 1 is 1.15 bits per heavy atom. The first-order chi connectivity index (χ1) is 12.6. The molecule has 0 aliphatic carbocycles. The molecule has 0 radical (unpaired) electrons. The third-order valence-electron chi connectivity index (χ3n) is 4.64. The Kier molecular flexibility index (Phi) is 7.25. The van der Waals surface area contributed by atoms with Crippen molar-refractivity contribution in [1.29, 1.82) is 0 Å². The van der Waals surface area contributed by atoms with Crippen LogP contribution in [-0.4, -0.2) is 50.3 Å². The summed E-state index contributed by atoms with van der Waals surface area (Å²) in [5.41, 5.74) is 0. The predicted octanol–water partition coefficient (Wildman–Crippen LogP) is 1.77. The maximum absolute atomic E-state index is 12.7. The monoisotopic (exact) mass is 415 g/mol. The minimum Gasteiger partial charge on any atom is -0.352 e. The molecule has 1 aliphatic heterocycles. The molecule has 1 unspecified atom stereocenters. The molecule has 0 spiro atoms. The molecule has 27 heavy (non-hydrogen) atoms. The van der Waals surface area contributed by atoms with Gasteiger partial charge in [0.25, 0.3) is 0 Å². The largest absolute Gasteiger partial charge is 0.352 e. The molecule has 1 aromatic rings. The number of halogens is 1. The van der Waals surface area contributed by atoms with Crippen LogP contribution < -0.4 is 10.0 Å². The third kappa shape index (κ3) is 5.92. The van der Waals surface area contributed by atoms with Gasteiger partial charge in [-0.15, -0.1) is 0 Å². The lowest BCUT2D eigenvalue weighted by Gasteiger charge is -2.33. The first-order valence-electron chi connectivity index (χ1n) is 8.94. The molecule has 150 valence electrons. The Balaban J connectivity index is 2.03. The number of benzene rings is 1. The number of nitrogens with one attached hydrogen (secondary N) is 2. The summed E-state index contributed by atoms with van der Waals surface area (Å²) >= 11 is 5.80. The van der Waals surface area contributed by atoms with Crippen molar-refractivity contribution in [3.63, 3.8) is 0 Å². The fraction of sp³-hybridized carbons (Fsp3) is 0.556. The number of hydrogen-bond donors (Lipinski definition) is 2. The molecule has 1 atom stereocenters. The molecule has 1 aromatic carbocycles. The summed E-state index contributed by atoms with van der Waals surface area (Å²) in [6.45, 7) is 6.27. The number of carbonyl (C=O) groups is 2. The Morgan fingerprint density at radius 3 is 2.19 bits per heavy atom. The maximum atomic E-state index is 12.7. The zero-order valence-electron chi connectivity index (χ0n) is 15.7. The van der Waals surface area contributed by atoms with Crippen LogP contribution in [0.1, 0.15) is 33.6 Å². The molecule has 9 heteroatoms. The van der Waals surface area contributed by atoms with E-state index in [1.165, 1.54) is 31.2 Å². The summed E-state index contributed by atoms with van der Waals surface area (Å²) in [5, 5.41) is 3.35. The summed E-state index contributed by atoms with van der Waals surface area (Å²) < 4.78 is 27.7. The van der Waals surface area contributed by atoms with Gasteiger partial charge in [0, 0.05) is 31.1 Å². The molecule has 2 rings (SSSR count). The summed E-state index contributed by atoms with van der Waals surface area (Å²) in [5.74, 6) is -0.566. The van der Waals surface area contributed by atoms with Gasteiger partial charge in [0.05, 0.1) is 4.90 Å². The van der Waals surface area contributed by atoms with Gasteiger partial charge in [0.1, 0.15) is 6.04 Å². The van der Waals surface area contributed by atoms with Crippen molar-refractivity contribution in [3.8, 4) is 0 Å². The number of sulfonamides is 1. The summed E-state index contributed by atoms with van der Waals surface area (Å²) in [4.78, 5) is 25.9. The fourth-order valence-electron chi connectivity index (χ4n) is 2.97. The van der Waals surface area contributed by atoms with E-state index in [9.17, 15) is 18.0 Å². The van der Waals surface area contributed by atoms with Crippen molar-refractivity contribution in [2.24, 2.45) is 5.92 Å².